The second-order valence-corrected chi connectivity index (χ2v) is 13.2. The second kappa shape index (κ2) is 7.83. The number of amides is 1. The van der Waals surface area contributed by atoms with Gasteiger partial charge in [0.05, 0.1) is 10.3 Å². The summed E-state index contributed by atoms with van der Waals surface area (Å²) in [4.78, 5) is 16.4. The van der Waals surface area contributed by atoms with Crippen LogP contribution in [0.5, 0.6) is 0 Å². The molecule has 0 radical (unpaired) electrons. The molecule has 0 saturated heterocycles. The van der Waals surface area contributed by atoms with Crippen LogP contribution in [0.2, 0.25) is 0 Å². The van der Waals surface area contributed by atoms with Gasteiger partial charge in [0.15, 0.2) is 4.21 Å². The van der Waals surface area contributed by atoms with Gasteiger partial charge in [-0.2, -0.15) is 12.7 Å². The molecule has 4 nitrogen and oxygen atoms in total. The highest BCUT2D eigenvalue weighted by Gasteiger charge is 2.46. The number of thiophene rings is 3. The van der Waals surface area contributed by atoms with Gasteiger partial charge in [-0.3, -0.25) is 4.79 Å². The number of carbonyl (C=O) groups excluding carboxylic acids is 1. The molecule has 1 amide bonds. The Morgan fingerprint density at radius 3 is 2.50 bits per heavy atom. The maximum absolute atomic E-state index is 13.2. The summed E-state index contributed by atoms with van der Waals surface area (Å²) in [5.74, 6) is -0.409. The molecule has 0 bridgehead atoms. The number of anilines is 1. The van der Waals surface area contributed by atoms with Gasteiger partial charge >= 0.3 is 0 Å². The Morgan fingerprint density at radius 1 is 1.00 bits per heavy atom. The summed E-state index contributed by atoms with van der Waals surface area (Å²) < 4.78 is 28.4. The summed E-state index contributed by atoms with van der Waals surface area (Å²) in [6.45, 7) is 3.93. The van der Waals surface area contributed by atoms with E-state index in [9.17, 15) is 13.2 Å². The minimum absolute atomic E-state index is 0.200. The second-order valence-electron chi connectivity index (χ2n) is 6.85. The van der Waals surface area contributed by atoms with Crippen LogP contribution in [0.3, 0.4) is 0 Å². The number of hydrogen-bond donors (Lipinski definition) is 0. The molecule has 3 aromatic heterocycles. The Labute approximate surface area is 185 Å². The van der Waals surface area contributed by atoms with Crippen molar-refractivity contribution in [3.05, 3.63) is 32.3 Å². The van der Waals surface area contributed by atoms with Crippen molar-refractivity contribution in [3.8, 4) is 0 Å². The van der Waals surface area contributed by atoms with Crippen molar-refractivity contribution in [1.29, 1.82) is 0 Å². The number of alkyl halides is 1. The number of nitrogens with zero attached hydrogens (tertiary/aromatic N) is 1. The molecule has 4 heterocycles. The Hall–Kier alpha value is -0.740. The normalized spacial score (nSPS) is 15.7. The van der Waals surface area contributed by atoms with Crippen LogP contribution in [0.1, 0.15) is 50.7 Å². The molecular weight excluding hydrogens is 498 g/mol. The zero-order valence-corrected chi connectivity index (χ0v) is 20.4. The van der Waals surface area contributed by atoms with Crippen LogP contribution < -0.4 is 4.31 Å². The van der Waals surface area contributed by atoms with Gasteiger partial charge in [0, 0.05) is 25.3 Å². The number of hydrogen-bond acceptors (Lipinski definition) is 6. The lowest BCUT2D eigenvalue weighted by Gasteiger charge is -2.12. The van der Waals surface area contributed by atoms with Gasteiger partial charge < -0.3 is 0 Å². The molecule has 0 saturated carbocycles. The molecule has 0 N–H and O–H groups in total. The smallest absolute Gasteiger partial charge is 0.267 e. The first-order valence-corrected chi connectivity index (χ1v) is 14.1. The predicted molar refractivity (Wildman–Crippen MR) is 123 cm³/mol. The van der Waals surface area contributed by atoms with Crippen LogP contribution in [0.4, 0.5) is 5.00 Å². The van der Waals surface area contributed by atoms with Crippen LogP contribution in [0.25, 0.3) is 10.1 Å². The third kappa shape index (κ3) is 3.29. The van der Waals surface area contributed by atoms with Crippen molar-refractivity contribution in [3.63, 3.8) is 0 Å². The third-order valence-electron chi connectivity index (χ3n) is 4.88. The highest BCUT2D eigenvalue weighted by Crippen LogP contribution is 2.49. The van der Waals surface area contributed by atoms with Crippen molar-refractivity contribution in [2.24, 2.45) is 0 Å². The Morgan fingerprint density at radius 2 is 1.75 bits per heavy atom. The third-order valence-corrected chi connectivity index (χ3v) is 11.3. The van der Waals surface area contributed by atoms with Crippen molar-refractivity contribution in [1.82, 2.24) is 0 Å². The number of fused-ring (bicyclic) bond motifs is 3. The molecule has 0 unspecified atom stereocenters. The van der Waals surface area contributed by atoms with E-state index in [4.69, 9.17) is 0 Å². The van der Waals surface area contributed by atoms with E-state index in [0.29, 0.717) is 10.6 Å². The van der Waals surface area contributed by atoms with Gasteiger partial charge in [-0.15, -0.1) is 34.0 Å². The molecule has 4 rings (SSSR count). The highest BCUT2D eigenvalue weighted by molar-refractivity contribution is 9.09. The predicted octanol–water partition coefficient (Wildman–Crippen LogP) is 6.49. The first-order chi connectivity index (χ1) is 13.4. The topological polar surface area (TPSA) is 54.5 Å². The van der Waals surface area contributed by atoms with Gasteiger partial charge in [0.25, 0.3) is 15.9 Å². The Balaban J connectivity index is 1.62. The van der Waals surface area contributed by atoms with Crippen LogP contribution >= 0.6 is 49.9 Å². The number of unbranched alkanes of at least 4 members (excludes halogenated alkanes) is 3. The molecule has 3 aromatic rings. The van der Waals surface area contributed by atoms with E-state index >= 15 is 0 Å². The summed E-state index contributed by atoms with van der Waals surface area (Å²) in [5, 5.41) is 2.36. The summed E-state index contributed by atoms with van der Waals surface area (Å²) in [7, 11) is -3.82. The minimum Gasteiger partial charge on any atom is -0.267 e. The molecular formula is C19H20BrNO3S4. The highest BCUT2D eigenvalue weighted by atomic mass is 79.9. The van der Waals surface area contributed by atoms with E-state index < -0.39 is 15.9 Å². The average Bonchev–Trinajstić information content (AvgIpc) is 3.34. The zero-order valence-electron chi connectivity index (χ0n) is 15.6. The Bertz CT molecular complexity index is 1160. The molecule has 0 fully saturated rings. The molecule has 0 aromatic carbocycles. The van der Waals surface area contributed by atoms with E-state index in [1.165, 1.54) is 35.5 Å². The lowest BCUT2D eigenvalue weighted by atomic mass is 10.1. The van der Waals surface area contributed by atoms with Crippen LogP contribution in [0.15, 0.2) is 16.3 Å². The van der Waals surface area contributed by atoms with Crippen molar-refractivity contribution in [2.75, 3.05) is 9.64 Å². The maximum atomic E-state index is 13.2. The first-order valence-electron chi connectivity index (χ1n) is 9.13. The fourth-order valence-corrected chi connectivity index (χ4v) is 9.69. The number of halogens is 1. The quantitative estimate of drug-likeness (QED) is 0.266. The van der Waals surface area contributed by atoms with Crippen LogP contribution in [0, 0.1) is 13.8 Å². The van der Waals surface area contributed by atoms with Crippen LogP contribution in [-0.2, 0) is 16.4 Å². The van der Waals surface area contributed by atoms with E-state index in [1.807, 2.05) is 19.9 Å². The fourth-order valence-electron chi connectivity index (χ4n) is 3.57. The molecule has 28 heavy (non-hydrogen) atoms. The van der Waals surface area contributed by atoms with Gasteiger partial charge in [-0.25, -0.2) is 0 Å². The number of rotatable bonds is 7. The average molecular weight is 519 g/mol. The lowest BCUT2D eigenvalue weighted by Crippen LogP contribution is -2.29. The largest absolute Gasteiger partial charge is 0.282 e. The van der Waals surface area contributed by atoms with E-state index in [0.717, 1.165) is 53.6 Å². The number of aryl methyl sites for hydroxylation is 3. The fraction of sp³-hybridized carbons (Fsp3) is 0.421. The molecule has 9 heteroatoms. The van der Waals surface area contributed by atoms with Crippen molar-refractivity contribution < 1.29 is 13.2 Å². The Kier molecular flexibility index (Phi) is 5.74. The molecule has 0 atom stereocenters. The molecule has 0 aliphatic carbocycles. The summed E-state index contributed by atoms with van der Waals surface area (Å²) in [6, 6.07) is 3.72. The number of carbonyl (C=O) groups is 1. The summed E-state index contributed by atoms with van der Waals surface area (Å²) in [6.07, 6.45) is 5.53. The van der Waals surface area contributed by atoms with Crippen molar-refractivity contribution >= 4 is 81.0 Å². The van der Waals surface area contributed by atoms with E-state index in [2.05, 4.69) is 15.9 Å². The first kappa shape index (κ1) is 20.5. The lowest BCUT2D eigenvalue weighted by molar-refractivity contribution is 0.101. The van der Waals surface area contributed by atoms with Gasteiger partial charge in [-0.1, -0.05) is 28.8 Å². The zero-order chi connectivity index (χ0) is 20.1. The summed E-state index contributed by atoms with van der Waals surface area (Å²) >= 11 is 7.70. The van der Waals surface area contributed by atoms with Crippen LogP contribution in [-0.4, -0.2) is 19.7 Å². The molecule has 0 spiro atoms. The monoisotopic (exact) mass is 517 g/mol. The molecule has 150 valence electrons. The standard InChI is InChI=1S/C19H20BrNO3S4/c1-11-15-16-18(22)21(28(23,24)19(16)27-17(15)12(2)25-11)14-9-8-13(26-14)7-5-3-4-6-10-20/h8-9H,3-7,10H2,1-2H3. The maximum Gasteiger partial charge on any atom is 0.282 e. The van der Waals surface area contributed by atoms with Gasteiger partial charge in [-0.05, 0) is 45.2 Å². The molecule has 1 aliphatic rings. The van der Waals surface area contributed by atoms with E-state index in [-0.39, 0.29) is 4.21 Å². The number of sulfonamides is 1. The molecule has 1 aliphatic heterocycles. The summed E-state index contributed by atoms with van der Waals surface area (Å²) in [5.41, 5.74) is 0.367. The minimum atomic E-state index is -3.82. The van der Waals surface area contributed by atoms with Gasteiger partial charge in [0.1, 0.15) is 5.00 Å². The van der Waals surface area contributed by atoms with Gasteiger partial charge in [0.2, 0.25) is 0 Å². The van der Waals surface area contributed by atoms with Crippen molar-refractivity contribution in [2.45, 2.75) is 50.2 Å². The van der Waals surface area contributed by atoms with E-state index in [1.54, 1.807) is 17.4 Å². The SMILES string of the molecule is Cc1sc(C)c2c3c(sc12)S(=O)(=O)N(c1ccc(CCCCCCBr)s1)C3=O.